The van der Waals surface area contributed by atoms with Gasteiger partial charge < -0.3 is 30.9 Å². The average molecular weight is 515 g/mol. The van der Waals surface area contributed by atoms with E-state index in [4.69, 9.17) is 10.5 Å². The second-order valence-corrected chi connectivity index (χ2v) is 10.1. The van der Waals surface area contributed by atoms with Crippen molar-refractivity contribution in [2.45, 2.75) is 50.9 Å². The van der Waals surface area contributed by atoms with Crippen molar-refractivity contribution in [2.75, 3.05) is 14.1 Å². The topological polar surface area (TPSA) is 188 Å². The lowest BCUT2D eigenvalue weighted by Gasteiger charge is -2.54. The molecule has 1 amide bonds. The summed E-state index contributed by atoms with van der Waals surface area (Å²) in [5.41, 5.74) is 2.23. The predicted octanol–water partition coefficient (Wildman–Crippen LogP) is 0.765. The van der Waals surface area contributed by atoms with E-state index in [9.17, 15) is 39.6 Å². The first-order chi connectivity index (χ1) is 17.2. The van der Waals surface area contributed by atoms with Gasteiger partial charge in [0.1, 0.15) is 28.9 Å². The third kappa shape index (κ3) is 3.41. The summed E-state index contributed by atoms with van der Waals surface area (Å²) in [4.78, 5) is 53.6. The van der Waals surface area contributed by atoms with Gasteiger partial charge in [-0.25, -0.2) is 0 Å². The minimum absolute atomic E-state index is 0.0237. The number of ketones is 2. The highest BCUT2D eigenvalue weighted by Crippen LogP contribution is 2.57. The zero-order valence-electron chi connectivity index (χ0n) is 21.1. The first-order valence-electron chi connectivity index (χ1n) is 11.9. The number of aliphatic hydroxyl groups is 3. The number of carbonyl (C=O) groups excluding carboxylic acids is 4. The van der Waals surface area contributed by atoms with Crippen molar-refractivity contribution in [3.05, 3.63) is 45.7 Å². The van der Waals surface area contributed by atoms with Crippen LogP contribution in [0.2, 0.25) is 0 Å². The molecule has 6 atom stereocenters. The van der Waals surface area contributed by atoms with E-state index in [2.05, 4.69) is 0 Å². The molecule has 1 aromatic carbocycles. The summed E-state index contributed by atoms with van der Waals surface area (Å²) in [7, 11) is 2.94. The molecule has 0 spiro atoms. The van der Waals surface area contributed by atoms with Crippen LogP contribution >= 0.6 is 0 Å². The number of fused-ring (bicyclic) bond motifs is 3. The number of benzene rings is 1. The van der Waals surface area contributed by atoms with Crippen LogP contribution in [-0.4, -0.2) is 80.6 Å². The van der Waals surface area contributed by atoms with Crippen LogP contribution in [-0.2, 0) is 23.9 Å². The van der Waals surface area contributed by atoms with E-state index in [0.717, 1.165) is 0 Å². The van der Waals surface area contributed by atoms with Gasteiger partial charge in [0.2, 0.25) is 5.78 Å². The smallest absolute Gasteiger partial charge is 0.305 e. The van der Waals surface area contributed by atoms with Crippen molar-refractivity contribution in [1.82, 2.24) is 4.90 Å². The number of phenolic OH excluding ortho intramolecular Hbond substituents is 1. The van der Waals surface area contributed by atoms with Crippen LogP contribution in [0.25, 0.3) is 5.76 Å². The number of ether oxygens (including phenoxy) is 1. The van der Waals surface area contributed by atoms with Crippen LogP contribution in [0.5, 0.6) is 5.75 Å². The van der Waals surface area contributed by atoms with Crippen molar-refractivity contribution in [3.8, 4) is 5.75 Å². The number of esters is 1. The number of likely N-dealkylation sites (N-methyl/N-ethyl adjacent to an activating group) is 1. The van der Waals surface area contributed by atoms with Gasteiger partial charge in [-0.3, -0.25) is 24.1 Å². The van der Waals surface area contributed by atoms with E-state index in [1.165, 1.54) is 32.0 Å². The number of nitrogens with two attached hydrogens (primary N) is 1. The summed E-state index contributed by atoms with van der Waals surface area (Å²) in [6.45, 7) is 5.00. The van der Waals surface area contributed by atoms with Crippen molar-refractivity contribution < 1.29 is 44.3 Å². The predicted molar refractivity (Wildman–Crippen MR) is 129 cm³/mol. The van der Waals surface area contributed by atoms with Gasteiger partial charge in [-0.05, 0) is 44.1 Å². The lowest BCUT2D eigenvalue weighted by atomic mass is 9.54. The number of nitrogens with zero attached hydrogens (tertiary/aromatic N) is 1. The Morgan fingerprint density at radius 2 is 1.78 bits per heavy atom. The average Bonchev–Trinajstić information content (AvgIpc) is 2.81. The van der Waals surface area contributed by atoms with Crippen LogP contribution in [0, 0.1) is 18.8 Å². The number of aromatic hydroxyl groups is 1. The van der Waals surface area contributed by atoms with Crippen LogP contribution in [0.1, 0.15) is 42.9 Å². The maximum Gasteiger partial charge on any atom is 0.305 e. The normalized spacial score (nSPS) is 31.2. The highest BCUT2D eigenvalue weighted by atomic mass is 16.5. The number of primary amides is 1. The number of aryl methyl sites for hydroxylation is 1. The van der Waals surface area contributed by atoms with E-state index >= 15 is 0 Å². The van der Waals surface area contributed by atoms with Crippen LogP contribution in [0.15, 0.2) is 29.0 Å². The lowest BCUT2D eigenvalue weighted by Crippen LogP contribution is -2.71. The molecule has 0 unspecified atom stereocenters. The first kappa shape index (κ1) is 26.4. The molecule has 4 rings (SSSR count). The minimum Gasteiger partial charge on any atom is -0.508 e. The fraction of sp³-hybridized carbons (Fsp3) is 0.462. The number of hydrogen-bond donors (Lipinski definition) is 5. The quantitative estimate of drug-likeness (QED) is 0.283. The zero-order chi connectivity index (χ0) is 27.7. The Morgan fingerprint density at radius 1 is 1.16 bits per heavy atom. The first-order valence-corrected chi connectivity index (χ1v) is 11.9. The number of Topliss-reactive ketones (excluding diaryl/α,β-unsaturated/α-hetero) is 2. The molecule has 11 nitrogen and oxygen atoms in total. The summed E-state index contributed by atoms with van der Waals surface area (Å²) < 4.78 is 5.78. The molecule has 1 aromatic rings. The molecule has 1 saturated carbocycles. The number of hydrogen-bond acceptors (Lipinski definition) is 10. The number of rotatable bonds is 4. The fourth-order valence-electron chi connectivity index (χ4n) is 6.26. The largest absolute Gasteiger partial charge is 0.508 e. The number of aliphatic hydroxyl groups excluding tert-OH is 2. The van der Waals surface area contributed by atoms with Gasteiger partial charge in [0.15, 0.2) is 11.4 Å². The maximum absolute atomic E-state index is 14.1. The minimum atomic E-state index is -2.94. The number of carbonyl (C=O) groups is 4. The number of phenols is 1. The van der Waals surface area contributed by atoms with Gasteiger partial charge in [-0.1, -0.05) is 19.9 Å². The molecule has 0 aliphatic heterocycles. The number of amides is 1. The third-order valence-electron chi connectivity index (χ3n) is 7.85. The summed E-state index contributed by atoms with van der Waals surface area (Å²) in [5.74, 6) is -9.67. The van der Waals surface area contributed by atoms with Gasteiger partial charge in [0.05, 0.1) is 17.5 Å². The highest BCUT2D eigenvalue weighted by Gasteiger charge is 2.69. The van der Waals surface area contributed by atoms with Gasteiger partial charge >= 0.3 is 5.97 Å². The Bertz CT molecular complexity index is 1310. The van der Waals surface area contributed by atoms with E-state index in [1.807, 2.05) is 0 Å². The summed E-state index contributed by atoms with van der Waals surface area (Å²) in [6, 6.07) is 1.59. The van der Waals surface area contributed by atoms with Crippen LogP contribution < -0.4 is 5.73 Å². The molecule has 0 saturated heterocycles. The molecule has 3 aliphatic rings. The van der Waals surface area contributed by atoms with E-state index in [-0.39, 0.29) is 17.7 Å². The van der Waals surface area contributed by atoms with Crippen molar-refractivity contribution >= 4 is 29.2 Å². The van der Waals surface area contributed by atoms with E-state index < -0.39 is 81.6 Å². The van der Waals surface area contributed by atoms with Gasteiger partial charge in [-0.2, -0.15) is 0 Å². The highest BCUT2D eigenvalue weighted by molar-refractivity contribution is 6.24. The summed E-state index contributed by atoms with van der Waals surface area (Å²) >= 11 is 0. The SMILES string of the molecule is CCC(=O)O[C@@H]1[C@@H]2C(=C(O)c3c(O)ccc(C)c3[C@H]2C)C(=O)[C@@]2(O)C(O)=C(C(N)=O)C(=O)[C@H](N(C)C)[C@@H]12. The second-order valence-electron chi connectivity index (χ2n) is 10.1. The Morgan fingerprint density at radius 3 is 2.32 bits per heavy atom. The Kier molecular flexibility index (Phi) is 6.20. The van der Waals surface area contributed by atoms with Gasteiger partial charge in [0, 0.05) is 17.9 Å². The molecular weight excluding hydrogens is 484 g/mol. The second kappa shape index (κ2) is 8.70. The molecule has 37 heavy (non-hydrogen) atoms. The molecule has 3 aliphatic carbocycles. The van der Waals surface area contributed by atoms with Crippen LogP contribution in [0.4, 0.5) is 0 Å². The van der Waals surface area contributed by atoms with E-state index in [1.54, 1.807) is 19.9 Å². The fourth-order valence-corrected chi connectivity index (χ4v) is 6.26. The molecule has 0 aromatic heterocycles. The maximum atomic E-state index is 14.1. The van der Waals surface area contributed by atoms with Gasteiger partial charge in [-0.15, -0.1) is 0 Å². The van der Waals surface area contributed by atoms with Crippen LogP contribution in [0.3, 0.4) is 0 Å². The molecule has 0 heterocycles. The molecule has 6 N–H and O–H groups in total. The standard InChI is InChI=1S/C26H30N2O9/c1-6-12(30)37-22-14-10(3)13-9(2)7-8-11(29)15(13)20(31)16(14)23(33)26(36)18(22)19(28(4)5)21(32)17(24(26)34)25(27)35/h7-8,10,14,18-19,22,29,31,34,36H,6H2,1-5H3,(H2,27,35)/t10-,14+,18+,19-,22-,26-/m1/s1. The third-order valence-corrected chi connectivity index (χ3v) is 7.85. The van der Waals surface area contributed by atoms with E-state index in [0.29, 0.717) is 11.1 Å². The van der Waals surface area contributed by atoms with Crippen molar-refractivity contribution in [3.63, 3.8) is 0 Å². The lowest BCUT2D eigenvalue weighted by molar-refractivity contribution is -0.185. The molecule has 11 heteroatoms. The molecule has 0 radical (unpaired) electrons. The van der Waals surface area contributed by atoms with Gasteiger partial charge in [0.25, 0.3) is 5.91 Å². The molecule has 198 valence electrons. The molecule has 1 fully saturated rings. The zero-order valence-corrected chi connectivity index (χ0v) is 21.1. The summed E-state index contributed by atoms with van der Waals surface area (Å²) in [5, 5.41) is 44.9. The Labute approximate surface area is 212 Å². The Hall–Kier alpha value is -3.70. The Balaban J connectivity index is 2.14. The molecule has 0 bridgehead atoms. The van der Waals surface area contributed by atoms with Crippen molar-refractivity contribution in [1.29, 1.82) is 0 Å². The van der Waals surface area contributed by atoms with Crippen molar-refractivity contribution in [2.24, 2.45) is 17.6 Å². The molecular formula is C26H30N2O9. The summed E-state index contributed by atoms with van der Waals surface area (Å²) in [6.07, 6.45) is -1.47. The monoisotopic (exact) mass is 514 g/mol.